The maximum atomic E-state index is 5.78. The van der Waals surface area contributed by atoms with Crippen LogP contribution in [-0.4, -0.2) is 43.6 Å². The van der Waals surface area contributed by atoms with E-state index in [1.807, 2.05) is 0 Å². The molecule has 1 aromatic heterocycles. The molecule has 0 amide bonds. The second-order valence-corrected chi connectivity index (χ2v) is 5.17. The van der Waals surface area contributed by atoms with E-state index in [1.54, 1.807) is 0 Å². The molecule has 0 atom stereocenters. The molecule has 19 heavy (non-hydrogen) atoms. The first-order valence-corrected chi connectivity index (χ1v) is 7.20. The van der Waals surface area contributed by atoms with E-state index in [9.17, 15) is 0 Å². The maximum absolute atomic E-state index is 5.78. The Kier molecular flexibility index (Phi) is 6.81. The molecule has 0 aromatic carbocycles. The van der Waals surface area contributed by atoms with E-state index in [1.165, 1.54) is 5.56 Å². The lowest BCUT2D eigenvalue weighted by molar-refractivity contribution is 0.412. The normalized spacial score (nSPS) is 11.1. The topological polar surface area (TPSA) is 45.4 Å². The molecule has 0 spiro atoms. The van der Waals surface area contributed by atoms with E-state index in [0.29, 0.717) is 6.54 Å². The number of rotatable bonds is 8. The molecule has 0 aliphatic rings. The van der Waals surface area contributed by atoms with Gasteiger partial charge in [-0.15, -0.1) is 0 Å². The van der Waals surface area contributed by atoms with Crippen molar-refractivity contribution in [3.8, 4) is 0 Å². The number of likely N-dealkylation sites (N-methyl/N-ethyl adjacent to an activating group) is 1. The van der Waals surface area contributed by atoms with Crippen LogP contribution in [0.4, 0.5) is 5.82 Å². The van der Waals surface area contributed by atoms with Crippen LogP contribution in [0.3, 0.4) is 0 Å². The molecule has 0 radical (unpaired) electrons. The van der Waals surface area contributed by atoms with Crippen LogP contribution in [0.2, 0.25) is 0 Å². The Labute approximate surface area is 117 Å². The summed E-state index contributed by atoms with van der Waals surface area (Å²) in [6.07, 6.45) is 2.08. The first-order chi connectivity index (χ1) is 9.10. The van der Waals surface area contributed by atoms with Crippen LogP contribution < -0.4 is 10.6 Å². The first kappa shape index (κ1) is 15.9. The largest absolute Gasteiger partial charge is 0.355 e. The zero-order valence-electron chi connectivity index (χ0n) is 12.8. The van der Waals surface area contributed by atoms with Gasteiger partial charge in [0.1, 0.15) is 5.82 Å². The van der Waals surface area contributed by atoms with Gasteiger partial charge in [-0.05, 0) is 44.6 Å². The number of pyridine rings is 1. The number of nitrogens with two attached hydrogens (primary N) is 1. The summed E-state index contributed by atoms with van der Waals surface area (Å²) in [6, 6.07) is 4.24. The van der Waals surface area contributed by atoms with Crippen molar-refractivity contribution in [3.05, 3.63) is 23.4 Å². The third-order valence-corrected chi connectivity index (χ3v) is 3.16. The van der Waals surface area contributed by atoms with Gasteiger partial charge in [0, 0.05) is 31.9 Å². The summed E-state index contributed by atoms with van der Waals surface area (Å²) in [4.78, 5) is 9.31. The lowest BCUT2D eigenvalue weighted by atomic mass is 10.2. The van der Waals surface area contributed by atoms with Gasteiger partial charge in [-0.25, -0.2) is 4.98 Å². The molecule has 1 rings (SSSR count). The average molecular weight is 264 g/mol. The van der Waals surface area contributed by atoms with Crippen molar-refractivity contribution in [1.29, 1.82) is 0 Å². The molecule has 1 heterocycles. The van der Waals surface area contributed by atoms with Gasteiger partial charge in [0.15, 0.2) is 0 Å². The van der Waals surface area contributed by atoms with Crippen LogP contribution in [0.15, 0.2) is 12.1 Å². The second kappa shape index (κ2) is 8.12. The molecule has 4 nitrogen and oxygen atoms in total. The van der Waals surface area contributed by atoms with E-state index < -0.39 is 0 Å². The fourth-order valence-electron chi connectivity index (χ4n) is 2.03. The third-order valence-electron chi connectivity index (χ3n) is 3.16. The summed E-state index contributed by atoms with van der Waals surface area (Å²) < 4.78 is 0. The minimum Gasteiger partial charge on any atom is -0.355 e. The number of hydrogen-bond donors (Lipinski definition) is 1. The predicted octanol–water partition coefficient (Wildman–Crippen LogP) is 1.88. The zero-order chi connectivity index (χ0) is 14.3. The van der Waals surface area contributed by atoms with E-state index in [0.717, 1.165) is 44.0 Å². The van der Waals surface area contributed by atoms with Gasteiger partial charge in [-0.3, -0.25) is 0 Å². The van der Waals surface area contributed by atoms with Crippen molar-refractivity contribution < 1.29 is 0 Å². The van der Waals surface area contributed by atoms with Crippen molar-refractivity contribution >= 4 is 5.82 Å². The van der Waals surface area contributed by atoms with Gasteiger partial charge >= 0.3 is 0 Å². The minimum atomic E-state index is 0.580. The Bertz CT molecular complexity index is 354. The van der Waals surface area contributed by atoms with E-state index in [-0.39, 0.29) is 0 Å². The highest BCUT2D eigenvalue weighted by Gasteiger charge is 2.09. The summed E-state index contributed by atoms with van der Waals surface area (Å²) in [6.45, 7) is 8.00. The molecular formula is C15H28N4. The van der Waals surface area contributed by atoms with Crippen molar-refractivity contribution in [2.75, 3.05) is 38.6 Å². The van der Waals surface area contributed by atoms with Crippen LogP contribution in [0.25, 0.3) is 0 Å². The number of anilines is 1. The van der Waals surface area contributed by atoms with Gasteiger partial charge in [-0.2, -0.15) is 0 Å². The molecule has 0 fully saturated rings. The number of nitrogens with zero attached hydrogens (tertiary/aromatic N) is 3. The van der Waals surface area contributed by atoms with Crippen LogP contribution in [0.5, 0.6) is 0 Å². The second-order valence-electron chi connectivity index (χ2n) is 5.17. The van der Waals surface area contributed by atoms with Crippen molar-refractivity contribution in [1.82, 2.24) is 9.88 Å². The van der Waals surface area contributed by atoms with Gasteiger partial charge in [0.2, 0.25) is 0 Å². The molecule has 0 saturated carbocycles. The molecule has 0 bridgehead atoms. The first-order valence-electron chi connectivity index (χ1n) is 7.20. The van der Waals surface area contributed by atoms with Crippen molar-refractivity contribution in [3.63, 3.8) is 0 Å². The number of aromatic nitrogens is 1. The molecule has 4 heteroatoms. The highest BCUT2D eigenvalue weighted by molar-refractivity contribution is 5.43. The Hall–Kier alpha value is -1.13. The fourth-order valence-corrected chi connectivity index (χ4v) is 2.03. The SMILES string of the molecule is CCCN(CCN(C)C)c1cc(CN)cc(CC)n1. The summed E-state index contributed by atoms with van der Waals surface area (Å²) in [5, 5.41) is 0. The van der Waals surface area contributed by atoms with Crippen LogP contribution in [-0.2, 0) is 13.0 Å². The summed E-state index contributed by atoms with van der Waals surface area (Å²) in [7, 11) is 4.21. The van der Waals surface area contributed by atoms with Gasteiger partial charge in [0.25, 0.3) is 0 Å². The molecule has 0 aliphatic heterocycles. The van der Waals surface area contributed by atoms with Gasteiger partial charge in [0.05, 0.1) is 0 Å². The van der Waals surface area contributed by atoms with Gasteiger partial charge < -0.3 is 15.5 Å². The molecular weight excluding hydrogens is 236 g/mol. The Morgan fingerprint density at radius 3 is 2.37 bits per heavy atom. The van der Waals surface area contributed by atoms with E-state index in [4.69, 9.17) is 10.7 Å². The maximum Gasteiger partial charge on any atom is 0.129 e. The fraction of sp³-hybridized carbons (Fsp3) is 0.667. The van der Waals surface area contributed by atoms with Crippen molar-refractivity contribution in [2.45, 2.75) is 33.2 Å². The Morgan fingerprint density at radius 1 is 1.11 bits per heavy atom. The third kappa shape index (κ3) is 5.17. The van der Waals surface area contributed by atoms with Gasteiger partial charge in [-0.1, -0.05) is 13.8 Å². The monoisotopic (exact) mass is 264 g/mol. The van der Waals surface area contributed by atoms with Crippen LogP contribution in [0.1, 0.15) is 31.5 Å². The molecule has 0 saturated heterocycles. The predicted molar refractivity (Wildman–Crippen MR) is 82.6 cm³/mol. The lowest BCUT2D eigenvalue weighted by Gasteiger charge is -2.26. The van der Waals surface area contributed by atoms with Crippen molar-refractivity contribution in [2.24, 2.45) is 5.73 Å². The zero-order valence-corrected chi connectivity index (χ0v) is 12.8. The molecule has 0 aliphatic carbocycles. The molecule has 108 valence electrons. The lowest BCUT2D eigenvalue weighted by Crippen LogP contribution is -2.33. The van der Waals surface area contributed by atoms with E-state index >= 15 is 0 Å². The smallest absolute Gasteiger partial charge is 0.129 e. The average Bonchev–Trinajstić information content (AvgIpc) is 2.42. The number of aryl methyl sites for hydroxylation is 1. The highest BCUT2D eigenvalue weighted by Crippen LogP contribution is 2.16. The summed E-state index contributed by atoms with van der Waals surface area (Å²) >= 11 is 0. The standard InChI is InChI=1S/C15H28N4/c1-5-7-19(9-8-18(3)4)15-11-13(12-16)10-14(6-2)17-15/h10-11H,5-9,12,16H2,1-4H3. The number of hydrogen-bond acceptors (Lipinski definition) is 4. The summed E-state index contributed by atoms with van der Waals surface area (Å²) in [5.41, 5.74) is 8.09. The summed E-state index contributed by atoms with van der Waals surface area (Å²) in [5.74, 6) is 1.07. The molecule has 2 N–H and O–H groups in total. The van der Waals surface area contributed by atoms with Crippen LogP contribution in [0, 0.1) is 0 Å². The highest BCUT2D eigenvalue weighted by atomic mass is 15.2. The molecule has 0 unspecified atom stereocenters. The Balaban J connectivity index is 2.92. The van der Waals surface area contributed by atoms with Crippen LogP contribution >= 0.6 is 0 Å². The van der Waals surface area contributed by atoms with E-state index in [2.05, 4.69) is 49.9 Å². The minimum absolute atomic E-state index is 0.580. The molecule has 1 aromatic rings. The quantitative estimate of drug-likeness (QED) is 0.779. The Morgan fingerprint density at radius 2 is 1.84 bits per heavy atom.